The number of nitrogens with two attached hydrogens (primary N) is 1. The molecule has 49 heavy (non-hydrogen) atoms. The van der Waals surface area contributed by atoms with Crippen LogP contribution in [-0.4, -0.2) is 43.0 Å². The van der Waals surface area contributed by atoms with Crippen LogP contribution in [0, 0.1) is 12.7 Å². The number of halogens is 2. The van der Waals surface area contributed by atoms with Crippen molar-refractivity contribution in [2.24, 2.45) is 0 Å². The van der Waals surface area contributed by atoms with Gasteiger partial charge in [-0.2, -0.15) is 0 Å². The highest BCUT2D eigenvalue weighted by Crippen LogP contribution is 2.30. The van der Waals surface area contributed by atoms with E-state index in [9.17, 15) is 14.4 Å². The summed E-state index contributed by atoms with van der Waals surface area (Å²) >= 11 is 3.49. The Bertz CT molecular complexity index is 2160. The quantitative estimate of drug-likeness (QED) is 0.202. The van der Waals surface area contributed by atoms with Gasteiger partial charge in [0.05, 0.1) is 29.7 Å². The van der Waals surface area contributed by atoms with E-state index in [0.717, 1.165) is 22.9 Å². The monoisotopic (exact) mass is 724 g/mol. The average molecular weight is 726 g/mol. The maximum atomic E-state index is 15.3. The Hall–Kier alpha value is -5.23. The third-order valence-electron chi connectivity index (χ3n) is 8.94. The maximum Gasteiger partial charge on any atom is 0.333 e. The second-order valence-corrected chi connectivity index (χ2v) is 13.3. The van der Waals surface area contributed by atoms with Gasteiger partial charge in [0.15, 0.2) is 0 Å². The van der Waals surface area contributed by atoms with Gasteiger partial charge < -0.3 is 20.7 Å². The Kier molecular flexibility index (Phi) is 8.57. The highest BCUT2D eigenvalue weighted by atomic mass is 79.9. The molecule has 0 bridgehead atoms. The van der Waals surface area contributed by atoms with Crippen molar-refractivity contribution in [2.45, 2.75) is 58.5 Å². The van der Waals surface area contributed by atoms with E-state index in [2.05, 4.69) is 26.2 Å². The fraction of sp³-hybridized carbons (Fsp3) is 0.243. The summed E-state index contributed by atoms with van der Waals surface area (Å²) in [7, 11) is 0. The highest BCUT2D eigenvalue weighted by molar-refractivity contribution is 9.10. The van der Waals surface area contributed by atoms with Crippen LogP contribution in [0.4, 0.5) is 10.2 Å². The number of pyridine rings is 1. The van der Waals surface area contributed by atoms with Gasteiger partial charge in [0.2, 0.25) is 0 Å². The minimum atomic E-state index is -0.597. The van der Waals surface area contributed by atoms with Gasteiger partial charge >= 0.3 is 5.69 Å². The number of nitrogen functional groups attached to an aromatic ring is 1. The van der Waals surface area contributed by atoms with E-state index in [-0.39, 0.29) is 54.8 Å². The number of benzene rings is 3. The predicted molar refractivity (Wildman–Crippen MR) is 187 cm³/mol. The van der Waals surface area contributed by atoms with E-state index < -0.39 is 17.4 Å². The van der Waals surface area contributed by atoms with Crippen LogP contribution >= 0.6 is 15.9 Å². The molecule has 1 fully saturated rings. The Balaban J connectivity index is 1.27. The molecule has 2 aliphatic rings. The number of anilines is 1. The number of nitrogens with one attached hydrogen (secondary N) is 1. The van der Waals surface area contributed by atoms with E-state index in [4.69, 9.17) is 10.5 Å². The molecule has 3 heterocycles. The molecule has 2 aromatic heterocycles. The molecule has 0 saturated heterocycles. The molecule has 3 aromatic carbocycles. The molecule has 10 nitrogen and oxygen atoms in total. The van der Waals surface area contributed by atoms with Crippen LogP contribution in [0.2, 0.25) is 0 Å². The lowest BCUT2D eigenvalue weighted by Crippen LogP contribution is -2.47. The summed E-state index contributed by atoms with van der Waals surface area (Å²) < 4.78 is 25.0. The van der Waals surface area contributed by atoms with E-state index >= 15 is 4.39 Å². The van der Waals surface area contributed by atoms with Crippen LogP contribution in [-0.2, 0) is 19.6 Å². The van der Waals surface area contributed by atoms with Crippen LogP contribution < -0.4 is 21.5 Å². The van der Waals surface area contributed by atoms with E-state index in [0.29, 0.717) is 34.0 Å². The molecular weight excluding hydrogens is 691 g/mol. The Morgan fingerprint density at radius 3 is 2.53 bits per heavy atom. The number of hydrogen-bond acceptors (Lipinski definition) is 6. The zero-order valence-corrected chi connectivity index (χ0v) is 28.5. The number of carbonyl (C=O) groups is 2. The van der Waals surface area contributed by atoms with Gasteiger partial charge in [-0.15, -0.1) is 0 Å². The number of rotatable bonds is 8. The zero-order chi connectivity index (χ0) is 34.4. The molecule has 1 atom stereocenters. The fourth-order valence-corrected chi connectivity index (χ4v) is 6.44. The lowest BCUT2D eigenvalue weighted by atomic mass is 10.0. The molecule has 12 heteroatoms. The van der Waals surface area contributed by atoms with Crippen LogP contribution in [0.5, 0.6) is 5.75 Å². The molecular formula is C37H34BrFN6O4. The number of carbonyl (C=O) groups excluding carboxylic acids is 2. The average Bonchev–Trinajstić information content (AvgIpc) is 3.86. The number of aromatic nitrogens is 3. The van der Waals surface area contributed by atoms with E-state index in [1.54, 1.807) is 70.1 Å². The van der Waals surface area contributed by atoms with Gasteiger partial charge in [0.25, 0.3) is 11.8 Å². The van der Waals surface area contributed by atoms with Gasteiger partial charge in [-0.05, 0) is 92.9 Å². The second-order valence-electron chi connectivity index (χ2n) is 12.5. The minimum absolute atomic E-state index is 0.0150. The highest BCUT2D eigenvalue weighted by Gasteiger charge is 2.35. The van der Waals surface area contributed by atoms with Gasteiger partial charge in [-0.25, -0.2) is 14.2 Å². The molecule has 0 radical (unpaired) electrons. The van der Waals surface area contributed by atoms with Crippen molar-refractivity contribution in [1.29, 1.82) is 0 Å². The van der Waals surface area contributed by atoms with Crippen molar-refractivity contribution in [3.8, 4) is 22.7 Å². The SMILES string of the molecule is Cc1cc(C(=O)N2Cc3c(C(=O)NCc4c(F)cccc4-c4cccc(N)n4)n(-c4ccc(OC5CC5)cc4)c(=O)n3C[C@@H]2C)ccc1Br. The van der Waals surface area contributed by atoms with Gasteiger partial charge in [-0.1, -0.05) is 34.1 Å². The van der Waals surface area contributed by atoms with Gasteiger partial charge in [0.1, 0.15) is 23.1 Å². The number of ether oxygens (including phenoxy) is 1. The van der Waals surface area contributed by atoms with E-state index in [1.165, 1.54) is 10.6 Å². The summed E-state index contributed by atoms with van der Waals surface area (Å²) in [6, 6.07) is 21.7. The van der Waals surface area contributed by atoms with Crippen molar-refractivity contribution in [2.75, 3.05) is 5.73 Å². The Labute approximate surface area is 290 Å². The molecule has 0 unspecified atom stereocenters. The normalized spacial score (nSPS) is 15.5. The smallest absolute Gasteiger partial charge is 0.333 e. The number of imidazole rings is 1. The van der Waals surface area contributed by atoms with Crippen molar-refractivity contribution in [3.63, 3.8) is 0 Å². The number of aryl methyl sites for hydroxylation is 1. The molecule has 7 rings (SSSR count). The zero-order valence-electron chi connectivity index (χ0n) is 27.0. The molecule has 5 aromatic rings. The topological polar surface area (TPSA) is 124 Å². The van der Waals surface area contributed by atoms with E-state index in [1.807, 2.05) is 26.0 Å². The standard InChI is InChI=1S/C37H34BrFN6O4/c1-21-17-23(9-16-29(21)38)36(47)43-20-32-34(35(46)41-18-28-27(5-3-6-30(28)39)31-7-4-8-33(40)42-31)45(37(48)44(32)19-22(43)2)24-10-12-25(13-11-24)49-26-14-15-26/h3-13,16-17,22,26H,14-15,18-20H2,1-2H3,(H2,40,42)(H,41,46)/t22-/m0/s1. The summed E-state index contributed by atoms with van der Waals surface area (Å²) in [4.78, 5) is 48.2. The molecule has 2 amide bonds. The van der Waals surface area contributed by atoms with Gasteiger partial charge in [0, 0.05) is 40.3 Å². The first-order valence-electron chi connectivity index (χ1n) is 16.1. The van der Waals surface area contributed by atoms with Crippen LogP contribution in [0.25, 0.3) is 16.9 Å². The third-order valence-corrected chi connectivity index (χ3v) is 9.83. The lowest BCUT2D eigenvalue weighted by molar-refractivity contribution is 0.0610. The second kappa shape index (κ2) is 13.0. The first-order valence-corrected chi connectivity index (χ1v) is 16.9. The lowest BCUT2D eigenvalue weighted by Gasteiger charge is -2.34. The molecule has 1 saturated carbocycles. The first-order chi connectivity index (χ1) is 23.6. The predicted octanol–water partition coefficient (Wildman–Crippen LogP) is 6.01. The largest absolute Gasteiger partial charge is 0.490 e. The Morgan fingerprint density at radius 2 is 1.82 bits per heavy atom. The number of fused-ring (bicyclic) bond motifs is 1. The summed E-state index contributed by atoms with van der Waals surface area (Å²) in [5, 5.41) is 2.86. The first kappa shape index (κ1) is 32.3. The number of amides is 2. The van der Waals surface area contributed by atoms with Crippen LogP contribution in [0.15, 0.2) is 88.1 Å². The molecule has 250 valence electrons. The molecule has 3 N–H and O–H groups in total. The third kappa shape index (κ3) is 6.35. The van der Waals surface area contributed by atoms with Crippen molar-refractivity contribution in [1.82, 2.24) is 24.3 Å². The summed E-state index contributed by atoms with van der Waals surface area (Å²) in [6.07, 6.45) is 2.20. The number of nitrogens with zero attached hydrogens (tertiary/aromatic N) is 4. The van der Waals surface area contributed by atoms with Crippen molar-refractivity contribution < 1.29 is 18.7 Å². The van der Waals surface area contributed by atoms with Crippen molar-refractivity contribution >= 4 is 33.6 Å². The summed E-state index contributed by atoms with van der Waals surface area (Å²) in [5.74, 6) is -0.388. The van der Waals surface area contributed by atoms with Crippen molar-refractivity contribution in [3.05, 3.63) is 128 Å². The molecule has 1 aliphatic carbocycles. The molecule has 0 spiro atoms. The van der Waals surface area contributed by atoms with Gasteiger partial charge in [-0.3, -0.25) is 18.7 Å². The fourth-order valence-electron chi connectivity index (χ4n) is 6.19. The van der Waals surface area contributed by atoms with Crippen LogP contribution in [0.1, 0.15) is 57.4 Å². The summed E-state index contributed by atoms with van der Waals surface area (Å²) in [6.45, 7) is 3.79. The maximum absolute atomic E-state index is 15.3. The van der Waals surface area contributed by atoms with Crippen LogP contribution in [0.3, 0.4) is 0 Å². The Morgan fingerprint density at radius 1 is 1.06 bits per heavy atom. The summed E-state index contributed by atoms with van der Waals surface area (Å²) in [5.41, 5.74) is 8.97. The number of hydrogen-bond donors (Lipinski definition) is 2. The molecule has 1 aliphatic heterocycles. The minimum Gasteiger partial charge on any atom is -0.490 e.